The lowest BCUT2D eigenvalue weighted by Gasteiger charge is -2.28. The number of hydrogen-bond donors (Lipinski definition) is 2. The molecule has 134 valence electrons. The van der Waals surface area contributed by atoms with E-state index in [0.717, 1.165) is 35.5 Å². The van der Waals surface area contributed by atoms with Crippen LogP contribution >= 0.6 is 12.4 Å². The predicted octanol–water partition coefficient (Wildman–Crippen LogP) is 0.234. The van der Waals surface area contributed by atoms with E-state index in [2.05, 4.69) is 10.6 Å². The van der Waals surface area contributed by atoms with Crippen molar-refractivity contribution in [2.45, 2.75) is 18.4 Å². The van der Waals surface area contributed by atoms with Gasteiger partial charge in [-0.1, -0.05) is 24.3 Å². The van der Waals surface area contributed by atoms with Crippen molar-refractivity contribution in [1.82, 2.24) is 20.4 Å². The van der Waals surface area contributed by atoms with Gasteiger partial charge in [0.1, 0.15) is 12.1 Å². The molecule has 4 rings (SSSR count). The van der Waals surface area contributed by atoms with Crippen molar-refractivity contribution in [3.63, 3.8) is 0 Å². The van der Waals surface area contributed by atoms with E-state index in [9.17, 15) is 14.4 Å². The van der Waals surface area contributed by atoms with Crippen molar-refractivity contribution >= 4 is 30.3 Å². The number of hydrogen-bond acceptors (Lipinski definition) is 4. The van der Waals surface area contributed by atoms with Crippen LogP contribution in [0, 0.1) is 0 Å². The van der Waals surface area contributed by atoms with E-state index in [1.807, 2.05) is 24.3 Å². The number of carbonyl (C=O) groups excluding carboxylic acids is 3. The van der Waals surface area contributed by atoms with Gasteiger partial charge in [-0.05, 0) is 24.0 Å². The molecule has 1 unspecified atom stereocenters. The molecule has 7 nitrogen and oxygen atoms in total. The highest BCUT2D eigenvalue weighted by Gasteiger charge is 2.55. The van der Waals surface area contributed by atoms with Crippen LogP contribution < -0.4 is 10.6 Å². The van der Waals surface area contributed by atoms with Crippen LogP contribution in [0.3, 0.4) is 0 Å². The van der Waals surface area contributed by atoms with Crippen LogP contribution in [0.15, 0.2) is 24.3 Å². The summed E-state index contributed by atoms with van der Waals surface area (Å²) < 4.78 is 0. The second kappa shape index (κ2) is 6.65. The summed E-state index contributed by atoms with van der Waals surface area (Å²) in [7, 11) is 0. The number of carbonyl (C=O) groups is 3. The molecule has 1 atom stereocenters. The minimum Gasteiger partial charge on any atom is -0.339 e. The molecular formula is C17H21ClN4O3. The minimum absolute atomic E-state index is 0. The van der Waals surface area contributed by atoms with E-state index in [1.165, 1.54) is 0 Å². The van der Waals surface area contributed by atoms with E-state index in [1.54, 1.807) is 4.90 Å². The van der Waals surface area contributed by atoms with E-state index in [-0.39, 0.29) is 30.8 Å². The Morgan fingerprint density at radius 2 is 1.88 bits per heavy atom. The zero-order valence-corrected chi connectivity index (χ0v) is 14.6. The highest BCUT2D eigenvalue weighted by molar-refractivity contribution is 6.09. The summed E-state index contributed by atoms with van der Waals surface area (Å²) in [5, 5.41) is 6.03. The van der Waals surface area contributed by atoms with Crippen molar-refractivity contribution in [3.05, 3.63) is 35.4 Å². The highest BCUT2D eigenvalue weighted by atomic mass is 35.5. The zero-order valence-electron chi connectivity index (χ0n) is 13.8. The lowest BCUT2D eigenvalue weighted by atomic mass is 9.92. The Kier molecular flexibility index (Phi) is 4.71. The number of fused-ring (bicyclic) bond motifs is 2. The summed E-state index contributed by atoms with van der Waals surface area (Å²) in [5.41, 5.74) is 0.958. The van der Waals surface area contributed by atoms with Crippen molar-refractivity contribution in [3.8, 4) is 0 Å². The van der Waals surface area contributed by atoms with Gasteiger partial charge in [0.05, 0.1) is 0 Å². The first-order valence-electron chi connectivity index (χ1n) is 8.33. The van der Waals surface area contributed by atoms with Crippen LogP contribution in [-0.4, -0.2) is 60.4 Å². The molecule has 8 heteroatoms. The average Bonchev–Trinajstić information content (AvgIpc) is 3.10. The number of nitrogens with one attached hydrogen (secondary N) is 2. The summed E-state index contributed by atoms with van der Waals surface area (Å²) >= 11 is 0. The fraction of sp³-hybridized carbons (Fsp3) is 0.471. The number of amides is 4. The Morgan fingerprint density at radius 1 is 1.16 bits per heavy atom. The van der Waals surface area contributed by atoms with Gasteiger partial charge >= 0.3 is 6.03 Å². The molecule has 0 saturated carbocycles. The first kappa shape index (κ1) is 17.7. The molecule has 1 aromatic carbocycles. The molecule has 0 aromatic heterocycles. The summed E-state index contributed by atoms with van der Waals surface area (Å²) in [4.78, 5) is 40.6. The van der Waals surface area contributed by atoms with Crippen LogP contribution in [0.1, 0.15) is 17.5 Å². The van der Waals surface area contributed by atoms with Gasteiger partial charge in [0.2, 0.25) is 5.91 Å². The number of nitrogens with zero attached hydrogens (tertiary/aromatic N) is 2. The molecule has 2 heterocycles. The normalized spacial score (nSPS) is 25.0. The first-order chi connectivity index (χ1) is 11.6. The fourth-order valence-corrected chi connectivity index (χ4v) is 3.88. The standard InChI is InChI=1S/C17H20N4O3.ClH/c22-14(20-9-7-18-8-10-20)11-21-15(23)17(19-16(21)24)6-5-12-3-1-2-4-13(12)17;/h1-4,18H,5-11H2,(H,19,24);1H. The van der Waals surface area contributed by atoms with Crippen molar-refractivity contribution in [2.24, 2.45) is 0 Å². The maximum absolute atomic E-state index is 13.0. The third-order valence-corrected chi connectivity index (χ3v) is 5.19. The van der Waals surface area contributed by atoms with Gasteiger partial charge < -0.3 is 15.5 Å². The number of rotatable bonds is 2. The molecule has 3 aliphatic rings. The summed E-state index contributed by atoms with van der Waals surface area (Å²) in [6.45, 7) is 2.51. The summed E-state index contributed by atoms with van der Waals surface area (Å²) in [6, 6.07) is 7.21. The maximum atomic E-state index is 13.0. The number of piperazine rings is 1. The molecule has 2 saturated heterocycles. The molecule has 1 aromatic rings. The Labute approximate surface area is 152 Å². The van der Waals surface area contributed by atoms with Crippen molar-refractivity contribution < 1.29 is 14.4 Å². The highest BCUT2D eigenvalue weighted by Crippen LogP contribution is 2.41. The van der Waals surface area contributed by atoms with E-state index in [4.69, 9.17) is 0 Å². The van der Waals surface area contributed by atoms with E-state index >= 15 is 0 Å². The quantitative estimate of drug-likeness (QED) is 0.736. The average molecular weight is 365 g/mol. The predicted molar refractivity (Wildman–Crippen MR) is 93.4 cm³/mol. The molecule has 0 bridgehead atoms. The third-order valence-electron chi connectivity index (χ3n) is 5.19. The van der Waals surface area contributed by atoms with Gasteiger partial charge in [-0.2, -0.15) is 0 Å². The van der Waals surface area contributed by atoms with Crippen LogP contribution in [-0.2, 0) is 21.5 Å². The summed E-state index contributed by atoms with van der Waals surface area (Å²) in [5.74, 6) is -0.482. The molecule has 25 heavy (non-hydrogen) atoms. The fourth-order valence-electron chi connectivity index (χ4n) is 3.88. The molecule has 1 aliphatic carbocycles. The Morgan fingerprint density at radius 3 is 2.64 bits per heavy atom. The van der Waals surface area contributed by atoms with Crippen LogP contribution in [0.4, 0.5) is 4.79 Å². The van der Waals surface area contributed by atoms with E-state index < -0.39 is 11.6 Å². The van der Waals surface area contributed by atoms with Gasteiger partial charge in [-0.3, -0.25) is 14.5 Å². The largest absolute Gasteiger partial charge is 0.339 e. The molecule has 0 radical (unpaired) electrons. The van der Waals surface area contributed by atoms with Gasteiger partial charge in [0.15, 0.2) is 0 Å². The lowest BCUT2D eigenvalue weighted by Crippen LogP contribution is -2.50. The first-order valence-corrected chi connectivity index (χ1v) is 8.33. The molecular weight excluding hydrogens is 344 g/mol. The molecule has 1 spiro atoms. The number of urea groups is 1. The Balaban J connectivity index is 0.00000182. The monoisotopic (exact) mass is 364 g/mol. The van der Waals surface area contributed by atoms with Crippen LogP contribution in [0.2, 0.25) is 0 Å². The zero-order chi connectivity index (χ0) is 16.7. The van der Waals surface area contributed by atoms with Crippen molar-refractivity contribution in [2.75, 3.05) is 32.7 Å². The summed E-state index contributed by atoms with van der Waals surface area (Å²) in [6.07, 6.45) is 1.30. The van der Waals surface area contributed by atoms with Crippen LogP contribution in [0.5, 0.6) is 0 Å². The third kappa shape index (κ3) is 2.77. The number of imide groups is 1. The SMILES string of the molecule is Cl.O=C(CN1C(=O)NC2(CCc3ccccc32)C1=O)N1CCNCC1. The number of halogens is 1. The number of aryl methyl sites for hydroxylation is 1. The topological polar surface area (TPSA) is 81.8 Å². The minimum atomic E-state index is -0.989. The second-order valence-corrected chi connectivity index (χ2v) is 6.51. The maximum Gasteiger partial charge on any atom is 0.325 e. The lowest BCUT2D eigenvalue weighted by molar-refractivity contribution is -0.139. The van der Waals surface area contributed by atoms with Gasteiger partial charge in [0.25, 0.3) is 5.91 Å². The second-order valence-electron chi connectivity index (χ2n) is 6.51. The van der Waals surface area contributed by atoms with E-state index in [0.29, 0.717) is 19.5 Å². The van der Waals surface area contributed by atoms with Crippen LogP contribution in [0.25, 0.3) is 0 Å². The van der Waals surface area contributed by atoms with Gasteiger partial charge in [-0.25, -0.2) is 4.79 Å². The van der Waals surface area contributed by atoms with Crippen molar-refractivity contribution in [1.29, 1.82) is 0 Å². The van der Waals surface area contributed by atoms with Gasteiger partial charge in [0, 0.05) is 26.2 Å². The Bertz CT molecular complexity index is 720. The van der Waals surface area contributed by atoms with Gasteiger partial charge in [-0.15, -0.1) is 12.4 Å². The smallest absolute Gasteiger partial charge is 0.325 e. The Hall–Kier alpha value is -2.12. The molecule has 4 amide bonds. The molecule has 2 aliphatic heterocycles. The molecule has 2 fully saturated rings. The molecule has 2 N–H and O–H groups in total. The number of benzene rings is 1.